The van der Waals surface area contributed by atoms with Crippen LogP contribution in [0.3, 0.4) is 0 Å². The zero-order valence-electron chi connectivity index (χ0n) is 10.1. The number of aromatic nitrogens is 1. The molecule has 1 rings (SSSR count). The maximum absolute atomic E-state index is 11.8. The fourth-order valence-electron chi connectivity index (χ4n) is 1.24. The summed E-state index contributed by atoms with van der Waals surface area (Å²) in [5.74, 6) is 4.58. The van der Waals surface area contributed by atoms with Crippen molar-refractivity contribution in [3.8, 4) is 11.8 Å². The van der Waals surface area contributed by atoms with E-state index in [1.165, 1.54) is 18.5 Å². The van der Waals surface area contributed by atoms with E-state index in [4.69, 9.17) is 10.9 Å². The van der Waals surface area contributed by atoms with E-state index in [0.717, 1.165) is 0 Å². The molecule has 8 heteroatoms. The van der Waals surface area contributed by atoms with Gasteiger partial charge in [-0.1, -0.05) is 11.8 Å². The van der Waals surface area contributed by atoms with Crippen LogP contribution < -0.4 is 16.2 Å². The van der Waals surface area contributed by atoms with Crippen molar-refractivity contribution in [2.75, 3.05) is 18.8 Å². The Hall–Kier alpha value is -1.95. The van der Waals surface area contributed by atoms with Crippen molar-refractivity contribution < 1.29 is 13.2 Å². The van der Waals surface area contributed by atoms with Gasteiger partial charge in [0.1, 0.15) is 0 Å². The van der Waals surface area contributed by atoms with Gasteiger partial charge in [0.25, 0.3) is 5.91 Å². The predicted octanol–water partition coefficient (Wildman–Crippen LogP) is -1.59. The molecule has 0 aromatic carbocycles. The molecule has 1 aromatic rings. The number of nitrogens with two attached hydrogens (primary N) is 2. The molecule has 5 N–H and O–H groups in total. The van der Waals surface area contributed by atoms with E-state index in [0.29, 0.717) is 11.1 Å². The summed E-state index contributed by atoms with van der Waals surface area (Å²) in [5, 5.41) is 7.28. The highest BCUT2D eigenvalue weighted by Gasteiger charge is 2.10. The summed E-state index contributed by atoms with van der Waals surface area (Å²) in [5.41, 5.74) is 6.00. The summed E-state index contributed by atoms with van der Waals surface area (Å²) in [4.78, 5) is 15.7. The Morgan fingerprint density at radius 1 is 1.47 bits per heavy atom. The Labute approximate surface area is 111 Å². The molecule has 0 fully saturated rings. The second-order valence-corrected chi connectivity index (χ2v) is 5.28. The van der Waals surface area contributed by atoms with Crippen LogP contribution in [0, 0.1) is 11.8 Å². The number of carbonyl (C=O) groups is 1. The molecule has 0 saturated carbocycles. The number of sulfonamides is 1. The van der Waals surface area contributed by atoms with Crippen LogP contribution in [-0.4, -0.2) is 38.2 Å². The van der Waals surface area contributed by atoms with Crippen molar-refractivity contribution in [1.82, 2.24) is 10.3 Å². The minimum atomic E-state index is -3.60. The highest BCUT2D eigenvalue weighted by atomic mass is 32.2. The quantitative estimate of drug-likeness (QED) is 0.573. The maximum atomic E-state index is 11.8. The van der Waals surface area contributed by atoms with Gasteiger partial charge >= 0.3 is 0 Å². The Morgan fingerprint density at radius 2 is 2.21 bits per heavy atom. The van der Waals surface area contributed by atoms with Crippen LogP contribution in [-0.2, 0) is 10.0 Å². The molecule has 19 heavy (non-hydrogen) atoms. The summed E-state index contributed by atoms with van der Waals surface area (Å²) in [6.07, 6.45) is 2.89. The van der Waals surface area contributed by atoms with Gasteiger partial charge in [0.15, 0.2) is 0 Å². The van der Waals surface area contributed by atoms with Crippen LogP contribution in [0.15, 0.2) is 18.5 Å². The second-order valence-electron chi connectivity index (χ2n) is 3.55. The predicted molar refractivity (Wildman–Crippen MR) is 70.5 cm³/mol. The lowest BCUT2D eigenvalue weighted by Crippen LogP contribution is -2.31. The van der Waals surface area contributed by atoms with Gasteiger partial charge in [0, 0.05) is 18.9 Å². The standard InChI is InChI=1S/C11H14N4O3S/c12-4-1-2-9-8-14-5-3-10(9)11(16)15-6-7-19(13,17)18/h3,5,8H,4,6-7,12H2,(H,15,16)(H2,13,17,18). The third-order valence-corrected chi connectivity index (χ3v) is 2.84. The number of carbonyl (C=O) groups excluding carboxylic acids is 1. The lowest BCUT2D eigenvalue weighted by atomic mass is 10.1. The Bertz CT molecular complexity index is 616. The molecule has 1 aromatic heterocycles. The van der Waals surface area contributed by atoms with Gasteiger partial charge in [-0.05, 0) is 6.07 Å². The lowest BCUT2D eigenvalue weighted by molar-refractivity contribution is 0.0956. The van der Waals surface area contributed by atoms with Crippen molar-refractivity contribution in [3.05, 3.63) is 29.6 Å². The van der Waals surface area contributed by atoms with Gasteiger partial charge in [0.05, 0.1) is 23.4 Å². The summed E-state index contributed by atoms with van der Waals surface area (Å²) >= 11 is 0. The van der Waals surface area contributed by atoms with Gasteiger partial charge in [-0.15, -0.1) is 0 Å². The largest absolute Gasteiger partial charge is 0.351 e. The number of hydrogen-bond acceptors (Lipinski definition) is 5. The van der Waals surface area contributed by atoms with E-state index >= 15 is 0 Å². The van der Waals surface area contributed by atoms with Crippen molar-refractivity contribution >= 4 is 15.9 Å². The Morgan fingerprint density at radius 3 is 2.84 bits per heavy atom. The van der Waals surface area contributed by atoms with E-state index in [1.807, 2.05) is 0 Å². The third kappa shape index (κ3) is 5.48. The molecule has 0 spiro atoms. The molecule has 0 bridgehead atoms. The SMILES string of the molecule is NCC#Cc1cnccc1C(=O)NCCS(N)(=O)=O. The molecule has 0 aliphatic heterocycles. The average molecular weight is 282 g/mol. The maximum Gasteiger partial charge on any atom is 0.252 e. The minimum absolute atomic E-state index is 0.0657. The van der Waals surface area contributed by atoms with Crippen LogP contribution in [0.5, 0.6) is 0 Å². The molecular weight excluding hydrogens is 268 g/mol. The first-order valence-corrected chi connectivity index (χ1v) is 7.07. The van der Waals surface area contributed by atoms with Gasteiger partial charge in [-0.25, -0.2) is 13.6 Å². The first-order chi connectivity index (χ1) is 8.94. The minimum Gasteiger partial charge on any atom is -0.351 e. The number of nitrogens with one attached hydrogen (secondary N) is 1. The molecule has 1 amide bonds. The zero-order valence-corrected chi connectivity index (χ0v) is 10.9. The van der Waals surface area contributed by atoms with Crippen molar-refractivity contribution in [3.63, 3.8) is 0 Å². The topological polar surface area (TPSA) is 128 Å². The van der Waals surface area contributed by atoms with Crippen LogP contribution in [0.4, 0.5) is 0 Å². The highest BCUT2D eigenvalue weighted by molar-refractivity contribution is 7.89. The number of rotatable bonds is 4. The van der Waals surface area contributed by atoms with E-state index in [9.17, 15) is 13.2 Å². The van der Waals surface area contributed by atoms with Crippen molar-refractivity contribution in [2.45, 2.75) is 0 Å². The van der Waals surface area contributed by atoms with E-state index in [2.05, 4.69) is 22.1 Å². The summed E-state index contributed by atoms with van der Waals surface area (Å²) in [7, 11) is -3.60. The summed E-state index contributed by atoms with van der Waals surface area (Å²) in [6.45, 7) is 0.102. The third-order valence-electron chi connectivity index (χ3n) is 2.06. The number of amides is 1. The zero-order chi connectivity index (χ0) is 14.3. The molecule has 0 radical (unpaired) electrons. The van der Waals surface area contributed by atoms with Crippen LogP contribution in [0.1, 0.15) is 15.9 Å². The van der Waals surface area contributed by atoms with Gasteiger partial charge in [-0.2, -0.15) is 0 Å². The number of hydrogen-bond donors (Lipinski definition) is 3. The highest BCUT2D eigenvalue weighted by Crippen LogP contribution is 2.04. The molecule has 0 aliphatic rings. The van der Waals surface area contributed by atoms with Crippen LogP contribution in [0.25, 0.3) is 0 Å². The fourth-order valence-corrected chi connectivity index (χ4v) is 1.63. The molecule has 0 unspecified atom stereocenters. The summed E-state index contributed by atoms with van der Waals surface area (Å²) < 4.78 is 21.5. The van der Waals surface area contributed by atoms with Gasteiger partial charge < -0.3 is 11.1 Å². The molecule has 1 heterocycles. The second kappa shape index (κ2) is 6.84. The normalized spacial score (nSPS) is 10.4. The lowest BCUT2D eigenvalue weighted by Gasteiger charge is -2.05. The van der Waals surface area contributed by atoms with Crippen molar-refractivity contribution in [1.29, 1.82) is 0 Å². The first-order valence-electron chi connectivity index (χ1n) is 5.35. The van der Waals surface area contributed by atoms with E-state index in [1.54, 1.807) is 0 Å². The van der Waals surface area contributed by atoms with E-state index < -0.39 is 15.9 Å². The number of nitrogens with zero attached hydrogens (tertiary/aromatic N) is 1. The Kier molecular flexibility index (Phi) is 5.44. The first kappa shape index (κ1) is 15.1. The molecule has 0 atom stereocenters. The average Bonchev–Trinajstić information content (AvgIpc) is 2.35. The van der Waals surface area contributed by atoms with Crippen molar-refractivity contribution in [2.24, 2.45) is 10.9 Å². The van der Waals surface area contributed by atoms with Crippen LogP contribution in [0.2, 0.25) is 0 Å². The molecule has 0 aliphatic carbocycles. The Balaban J connectivity index is 2.77. The monoisotopic (exact) mass is 282 g/mol. The molecular formula is C11H14N4O3S. The van der Waals surface area contributed by atoms with Crippen LogP contribution >= 0.6 is 0 Å². The van der Waals surface area contributed by atoms with E-state index in [-0.39, 0.29) is 18.8 Å². The van der Waals surface area contributed by atoms with Gasteiger partial charge in [0.2, 0.25) is 10.0 Å². The molecule has 102 valence electrons. The van der Waals surface area contributed by atoms with Gasteiger partial charge in [-0.3, -0.25) is 9.78 Å². The smallest absolute Gasteiger partial charge is 0.252 e. The fraction of sp³-hybridized carbons (Fsp3) is 0.273. The summed E-state index contributed by atoms with van der Waals surface area (Å²) in [6, 6.07) is 1.49. The number of pyridine rings is 1. The molecule has 7 nitrogen and oxygen atoms in total. The number of primary sulfonamides is 1. The molecule has 0 saturated heterocycles.